The van der Waals surface area contributed by atoms with Gasteiger partial charge in [0.15, 0.2) is 0 Å². The van der Waals surface area contributed by atoms with E-state index in [9.17, 15) is 4.79 Å². The van der Waals surface area contributed by atoms with Crippen LogP contribution < -0.4 is 9.64 Å². The highest BCUT2D eigenvalue weighted by Crippen LogP contribution is 2.30. The predicted octanol–water partition coefficient (Wildman–Crippen LogP) is 1.99. The van der Waals surface area contributed by atoms with E-state index in [1.54, 1.807) is 7.11 Å². The van der Waals surface area contributed by atoms with Crippen LogP contribution in [0.15, 0.2) is 24.3 Å². The molecule has 0 aliphatic carbocycles. The molecule has 1 aliphatic rings. The van der Waals surface area contributed by atoms with Gasteiger partial charge in [-0.1, -0.05) is 0 Å². The molecule has 1 aromatic carbocycles. The van der Waals surface area contributed by atoms with Gasteiger partial charge in [0.25, 0.3) is 0 Å². The van der Waals surface area contributed by atoms with Gasteiger partial charge in [-0.3, -0.25) is 4.79 Å². The first-order chi connectivity index (χ1) is 8.13. The highest BCUT2D eigenvalue weighted by Gasteiger charge is 2.35. The summed E-state index contributed by atoms with van der Waals surface area (Å²) in [4.78, 5) is 13.2. The number of aliphatic carboxylic acids is 1. The summed E-state index contributed by atoms with van der Waals surface area (Å²) in [6.07, 6.45) is 0.711. The maximum absolute atomic E-state index is 11.0. The van der Waals surface area contributed by atoms with Crippen molar-refractivity contribution in [2.75, 3.05) is 18.6 Å². The second kappa shape index (κ2) is 4.65. The summed E-state index contributed by atoms with van der Waals surface area (Å²) in [7, 11) is 1.63. The second-order valence-corrected chi connectivity index (χ2v) is 4.37. The number of carboxylic acid groups (broad SMARTS) is 1. The fourth-order valence-corrected chi connectivity index (χ4v) is 2.41. The quantitative estimate of drug-likeness (QED) is 0.870. The standard InChI is InChI=1S/C13H17NO3/c1-9-12(13(15)16)7-8-14(9)10-3-5-11(17-2)6-4-10/h3-6,9,12H,7-8H2,1-2H3,(H,15,16)/t9-,12+/m1/s1. The molecule has 4 heteroatoms. The van der Waals surface area contributed by atoms with Gasteiger partial charge in [-0.05, 0) is 37.6 Å². The van der Waals surface area contributed by atoms with E-state index in [1.165, 1.54) is 0 Å². The minimum atomic E-state index is -0.700. The Morgan fingerprint density at radius 2 is 2.06 bits per heavy atom. The van der Waals surface area contributed by atoms with Crippen molar-refractivity contribution >= 4 is 11.7 Å². The van der Waals surface area contributed by atoms with Crippen molar-refractivity contribution < 1.29 is 14.6 Å². The SMILES string of the molecule is COc1ccc(N2CC[C@H](C(=O)O)[C@H]2C)cc1. The van der Waals surface area contributed by atoms with E-state index in [0.717, 1.165) is 18.0 Å². The number of benzene rings is 1. The molecule has 0 spiro atoms. The van der Waals surface area contributed by atoms with Crippen LogP contribution in [0.3, 0.4) is 0 Å². The third kappa shape index (κ3) is 2.20. The highest BCUT2D eigenvalue weighted by atomic mass is 16.5. The summed E-state index contributed by atoms with van der Waals surface area (Å²) in [6.45, 7) is 2.76. The fraction of sp³-hybridized carbons (Fsp3) is 0.462. The Bertz CT molecular complexity index is 402. The number of methoxy groups -OCH3 is 1. The topological polar surface area (TPSA) is 49.8 Å². The smallest absolute Gasteiger partial charge is 0.308 e. The Hall–Kier alpha value is -1.71. The minimum absolute atomic E-state index is 0.0425. The zero-order valence-electron chi connectivity index (χ0n) is 10.1. The van der Waals surface area contributed by atoms with Gasteiger partial charge in [0, 0.05) is 18.3 Å². The lowest BCUT2D eigenvalue weighted by Gasteiger charge is -2.25. The van der Waals surface area contributed by atoms with Crippen LogP contribution in [0.2, 0.25) is 0 Å². The molecule has 1 saturated heterocycles. The Kier molecular flexibility index (Phi) is 3.22. The molecule has 1 N–H and O–H groups in total. The van der Waals surface area contributed by atoms with Crippen molar-refractivity contribution in [2.24, 2.45) is 5.92 Å². The molecule has 2 rings (SSSR count). The lowest BCUT2D eigenvalue weighted by atomic mass is 10.0. The van der Waals surface area contributed by atoms with E-state index in [1.807, 2.05) is 31.2 Å². The number of carboxylic acids is 1. The van der Waals surface area contributed by atoms with Gasteiger partial charge in [-0.25, -0.2) is 0 Å². The summed E-state index contributed by atoms with van der Waals surface area (Å²) in [6, 6.07) is 7.78. The van der Waals surface area contributed by atoms with Gasteiger partial charge in [-0.2, -0.15) is 0 Å². The molecule has 0 amide bonds. The van der Waals surface area contributed by atoms with Crippen molar-refractivity contribution in [2.45, 2.75) is 19.4 Å². The molecule has 1 aromatic rings. The van der Waals surface area contributed by atoms with E-state index in [-0.39, 0.29) is 12.0 Å². The molecule has 0 unspecified atom stereocenters. The molecule has 1 fully saturated rings. The zero-order chi connectivity index (χ0) is 12.4. The number of hydrogen-bond donors (Lipinski definition) is 1. The van der Waals surface area contributed by atoms with E-state index >= 15 is 0 Å². The van der Waals surface area contributed by atoms with Crippen molar-refractivity contribution in [1.82, 2.24) is 0 Å². The lowest BCUT2D eigenvalue weighted by molar-refractivity contribution is -0.141. The van der Waals surface area contributed by atoms with Crippen molar-refractivity contribution in [1.29, 1.82) is 0 Å². The van der Waals surface area contributed by atoms with E-state index in [0.29, 0.717) is 6.42 Å². The van der Waals surface area contributed by atoms with E-state index < -0.39 is 5.97 Å². The van der Waals surface area contributed by atoms with Crippen LogP contribution in [-0.2, 0) is 4.79 Å². The first-order valence-corrected chi connectivity index (χ1v) is 5.77. The highest BCUT2D eigenvalue weighted by molar-refractivity contribution is 5.73. The average Bonchev–Trinajstić information content (AvgIpc) is 2.71. The Balaban J connectivity index is 2.15. The van der Waals surface area contributed by atoms with Crippen molar-refractivity contribution in [3.05, 3.63) is 24.3 Å². The minimum Gasteiger partial charge on any atom is -0.497 e. The van der Waals surface area contributed by atoms with Gasteiger partial charge < -0.3 is 14.7 Å². The summed E-state index contributed by atoms with van der Waals surface area (Å²) >= 11 is 0. The van der Waals surface area contributed by atoms with Crippen LogP contribution in [0.1, 0.15) is 13.3 Å². The molecular formula is C13H17NO3. The summed E-state index contributed by atoms with van der Waals surface area (Å²) in [5.74, 6) is -0.152. The van der Waals surface area contributed by atoms with Gasteiger partial charge in [-0.15, -0.1) is 0 Å². The third-order valence-corrected chi connectivity index (χ3v) is 3.48. The van der Waals surface area contributed by atoms with Gasteiger partial charge in [0.2, 0.25) is 0 Å². The van der Waals surface area contributed by atoms with Crippen LogP contribution >= 0.6 is 0 Å². The summed E-state index contributed by atoms with van der Waals surface area (Å²) < 4.78 is 5.11. The number of rotatable bonds is 3. The monoisotopic (exact) mass is 235 g/mol. The molecule has 0 radical (unpaired) electrons. The molecule has 17 heavy (non-hydrogen) atoms. The number of hydrogen-bond acceptors (Lipinski definition) is 3. The molecule has 92 valence electrons. The maximum atomic E-state index is 11.0. The number of nitrogens with zero attached hydrogens (tertiary/aromatic N) is 1. The van der Waals surface area contributed by atoms with Crippen LogP contribution in [0.5, 0.6) is 5.75 Å². The molecule has 0 aromatic heterocycles. The van der Waals surface area contributed by atoms with E-state index in [2.05, 4.69) is 4.90 Å². The Labute approximate surface area is 101 Å². The van der Waals surface area contributed by atoms with Crippen LogP contribution in [0.4, 0.5) is 5.69 Å². The first-order valence-electron chi connectivity index (χ1n) is 5.77. The Morgan fingerprint density at radius 3 is 2.53 bits per heavy atom. The van der Waals surface area contributed by atoms with Crippen LogP contribution in [-0.4, -0.2) is 30.8 Å². The fourth-order valence-electron chi connectivity index (χ4n) is 2.41. The summed E-state index contributed by atoms with van der Waals surface area (Å²) in [5, 5.41) is 9.08. The lowest BCUT2D eigenvalue weighted by Crippen LogP contribution is -2.32. The van der Waals surface area contributed by atoms with Crippen LogP contribution in [0, 0.1) is 5.92 Å². The van der Waals surface area contributed by atoms with Crippen LogP contribution in [0.25, 0.3) is 0 Å². The van der Waals surface area contributed by atoms with E-state index in [4.69, 9.17) is 9.84 Å². The molecule has 1 aliphatic heterocycles. The first kappa shape index (κ1) is 11.8. The van der Waals surface area contributed by atoms with Crippen molar-refractivity contribution in [3.8, 4) is 5.75 Å². The van der Waals surface area contributed by atoms with Gasteiger partial charge >= 0.3 is 5.97 Å². The zero-order valence-corrected chi connectivity index (χ0v) is 10.1. The number of carbonyl (C=O) groups is 1. The molecule has 4 nitrogen and oxygen atoms in total. The number of ether oxygens (including phenoxy) is 1. The average molecular weight is 235 g/mol. The van der Waals surface area contributed by atoms with Crippen molar-refractivity contribution in [3.63, 3.8) is 0 Å². The largest absolute Gasteiger partial charge is 0.497 e. The second-order valence-electron chi connectivity index (χ2n) is 4.37. The maximum Gasteiger partial charge on any atom is 0.308 e. The molecule has 0 saturated carbocycles. The van der Waals surface area contributed by atoms with Gasteiger partial charge in [0.1, 0.15) is 5.75 Å². The molecule has 1 heterocycles. The molecular weight excluding hydrogens is 218 g/mol. The normalized spacial score (nSPS) is 23.8. The number of anilines is 1. The summed E-state index contributed by atoms with van der Waals surface area (Å²) in [5.41, 5.74) is 1.06. The Morgan fingerprint density at radius 1 is 1.41 bits per heavy atom. The van der Waals surface area contributed by atoms with Gasteiger partial charge in [0.05, 0.1) is 13.0 Å². The molecule has 0 bridgehead atoms. The third-order valence-electron chi connectivity index (χ3n) is 3.48. The molecule has 2 atom stereocenters. The predicted molar refractivity (Wildman–Crippen MR) is 65.5 cm³/mol.